The van der Waals surface area contributed by atoms with Crippen molar-refractivity contribution in [3.05, 3.63) is 29.6 Å². The third-order valence-corrected chi connectivity index (χ3v) is 4.11. The van der Waals surface area contributed by atoms with Crippen molar-refractivity contribution in [2.75, 3.05) is 11.4 Å². The Hall–Kier alpha value is -1.09. The van der Waals surface area contributed by atoms with Gasteiger partial charge in [-0.05, 0) is 38.8 Å². The van der Waals surface area contributed by atoms with Gasteiger partial charge in [-0.3, -0.25) is 0 Å². The van der Waals surface area contributed by atoms with Crippen molar-refractivity contribution in [1.82, 2.24) is 0 Å². The van der Waals surface area contributed by atoms with Gasteiger partial charge in [-0.25, -0.2) is 4.39 Å². The molecule has 0 aromatic heterocycles. The molecule has 0 aliphatic heterocycles. The number of rotatable bonds is 4. The minimum absolute atomic E-state index is 0.304. The maximum atomic E-state index is 14.0. The van der Waals surface area contributed by atoms with E-state index in [9.17, 15) is 9.50 Å². The molecule has 2 nitrogen and oxygen atoms in total. The molecule has 106 valence electrons. The second-order valence-electron chi connectivity index (χ2n) is 5.43. The average molecular weight is 265 g/mol. The fraction of sp³-hybridized carbons (Fsp3) is 0.625. The summed E-state index contributed by atoms with van der Waals surface area (Å²) in [5.74, 6) is -0.304. The molecule has 3 heteroatoms. The summed E-state index contributed by atoms with van der Waals surface area (Å²) >= 11 is 0. The molecule has 0 bridgehead atoms. The first kappa shape index (κ1) is 14.3. The van der Waals surface area contributed by atoms with Crippen LogP contribution in [-0.2, 0) is 0 Å². The van der Waals surface area contributed by atoms with E-state index in [1.807, 2.05) is 6.07 Å². The molecular formula is C16H24FNO. The molecule has 1 aromatic carbocycles. The van der Waals surface area contributed by atoms with E-state index in [1.54, 1.807) is 13.0 Å². The minimum Gasteiger partial charge on any atom is -0.389 e. The van der Waals surface area contributed by atoms with E-state index < -0.39 is 6.10 Å². The van der Waals surface area contributed by atoms with Crippen LogP contribution in [0.25, 0.3) is 0 Å². The van der Waals surface area contributed by atoms with Gasteiger partial charge >= 0.3 is 0 Å². The molecule has 1 fully saturated rings. The molecule has 0 heterocycles. The Labute approximate surface area is 115 Å². The van der Waals surface area contributed by atoms with E-state index in [0.717, 1.165) is 12.2 Å². The summed E-state index contributed by atoms with van der Waals surface area (Å²) in [6.07, 6.45) is 5.38. The summed E-state index contributed by atoms with van der Waals surface area (Å²) in [5.41, 5.74) is 1.30. The third-order valence-electron chi connectivity index (χ3n) is 4.11. The maximum absolute atomic E-state index is 14.0. The molecule has 0 amide bonds. The third kappa shape index (κ3) is 3.08. The molecule has 0 radical (unpaired) electrons. The van der Waals surface area contributed by atoms with Crippen LogP contribution in [-0.4, -0.2) is 17.7 Å². The van der Waals surface area contributed by atoms with Crippen molar-refractivity contribution in [2.45, 2.75) is 58.1 Å². The maximum Gasteiger partial charge on any atom is 0.131 e. The van der Waals surface area contributed by atoms with Gasteiger partial charge < -0.3 is 10.0 Å². The molecule has 1 aliphatic rings. The lowest BCUT2D eigenvalue weighted by atomic mass is 9.93. The highest BCUT2D eigenvalue weighted by atomic mass is 19.1. The van der Waals surface area contributed by atoms with Crippen molar-refractivity contribution in [1.29, 1.82) is 0 Å². The van der Waals surface area contributed by atoms with E-state index >= 15 is 0 Å². The summed E-state index contributed by atoms with van der Waals surface area (Å²) in [6.45, 7) is 4.59. The monoisotopic (exact) mass is 265 g/mol. The average Bonchev–Trinajstić information content (AvgIpc) is 2.40. The van der Waals surface area contributed by atoms with Crippen LogP contribution in [0.5, 0.6) is 0 Å². The number of aliphatic hydroxyl groups is 1. The van der Waals surface area contributed by atoms with Gasteiger partial charge in [0.15, 0.2) is 0 Å². The summed E-state index contributed by atoms with van der Waals surface area (Å²) in [5, 5.41) is 9.86. The Kier molecular flexibility index (Phi) is 4.81. The zero-order chi connectivity index (χ0) is 13.8. The van der Waals surface area contributed by atoms with Crippen molar-refractivity contribution >= 4 is 5.69 Å². The molecule has 1 saturated carbocycles. The second kappa shape index (κ2) is 6.38. The lowest BCUT2D eigenvalue weighted by molar-refractivity contribution is 0.194. The van der Waals surface area contributed by atoms with Crippen molar-refractivity contribution < 1.29 is 9.50 Å². The van der Waals surface area contributed by atoms with E-state index in [4.69, 9.17) is 0 Å². The van der Waals surface area contributed by atoms with Crippen molar-refractivity contribution in [2.24, 2.45) is 0 Å². The number of nitrogens with zero attached hydrogens (tertiary/aromatic N) is 1. The fourth-order valence-corrected chi connectivity index (χ4v) is 3.21. The number of benzene rings is 1. The summed E-state index contributed by atoms with van der Waals surface area (Å²) in [4.78, 5) is 2.27. The fourth-order valence-electron chi connectivity index (χ4n) is 3.21. The van der Waals surface area contributed by atoms with Crippen LogP contribution in [0.1, 0.15) is 57.6 Å². The number of hydrogen-bond acceptors (Lipinski definition) is 2. The quantitative estimate of drug-likeness (QED) is 0.888. The van der Waals surface area contributed by atoms with E-state index in [-0.39, 0.29) is 5.82 Å². The molecule has 1 atom stereocenters. The number of aliphatic hydroxyl groups excluding tert-OH is 1. The van der Waals surface area contributed by atoms with Gasteiger partial charge in [0.2, 0.25) is 0 Å². The minimum atomic E-state index is -0.770. The standard InChI is InChI=1S/C16H24FNO/c1-3-18(13-8-5-4-6-9-13)15-11-7-10-14(17)16(15)12(2)19/h7,10-13,19H,3-6,8-9H2,1-2H3. The highest BCUT2D eigenvalue weighted by molar-refractivity contribution is 5.56. The molecule has 0 saturated heterocycles. The van der Waals surface area contributed by atoms with Crippen molar-refractivity contribution in [3.63, 3.8) is 0 Å². The van der Waals surface area contributed by atoms with Crippen LogP contribution in [0.4, 0.5) is 10.1 Å². The van der Waals surface area contributed by atoms with Crippen LogP contribution in [0, 0.1) is 5.82 Å². The predicted molar refractivity (Wildman–Crippen MR) is 76.9 cm³/mol. The topological polar surface area (TPSA) is 23.5 Å². The number of hydrogen-bond donors (Lipinski definition) is 1. The lowest BCUT2D eigenvalue weighted by Gasteiger charge is -2.37. The number of anilines is 1. The van der Waals surface area contributed by atoms with Gasteiger partial charge in [0.05, 0.1) is 6.10 Å². The molecule has 1 N–H and O–H groups in total. The van der Waals surface area contributed by atoms with Crippen LogP contribution < -0.4 is 4.90 Å². The van der Waals surface area contributed by atoms with Crippen LogP contribution in [0.2, 0.25) is 0 Å². The number of halogens is 1. The zero-order valence-electron chi connectivity index (χ0n) is 11.9. The van der Waals surface area contributed by atoms with Crippen LogP contribution >= 0.6 is 0 Å². The Morgan fingerprint density at radius 2 is 2.00 bits per heavy atom. The van der Waals surface area contributed by atoms with E-state index in [1.165, 1.54) is 38.2 Å². The van der Waals surface area contributed by atoms with Gasteiger partial charge in [0, 0.05) is 23.8 Å². The molecule has 2 rings (SSSR count). The van der Waals surface area contributed by atoms with E-state index in [0.29, 0.717) is 11.6 Å². The summed E-state index contributed by atoms with van der Waals surface area (Å²) < 4.78 is 14.0. The van der Waals surface area contributed by atoms with Gasteiger partial charge in [0.1, 0.15) is 5.82 Å². The van der Waals surface area contributed by atoms with Gasteiger partial charge in [-0.2, -0.15) is 0 Å². The smallest absolute Gasteiger partial charge is 0.131 e. The molecule has 1 unspecified atom stereocenters. The first-order valence-electron chi connectivity index (χ1n) is 7.38. The molecule has 0 spiro atoms. The Bertz CT molecular complexity index is 413. The predicted octanol–water partition coefficient (Wildman–Crippen LogP) is 4.04. The normalized spacial score (nSPS) is 18.3. The summed E-state index contributed by atoms with van der Waals surface area (Å²) in [7, 11) is 0. The SMILES string of the molecule is CCN(c1cccc(F)c1C(C)O)C1CCCCC1. The van der Waals surface area contributed by atoms with Gasteiger partial charge in [-0.15, -0.1) is 0 Å². The van der Waals surface area contributed by atoms with Crippen LogP contribution in [0.3, 0.4) is 0 Å². The molecule has 19 heavy (non-hydrogen) atoms. The van der Waals surface area contributed by atoms with Gasteiger partial charge in [-0.1, -0.05) is 25.3 Å². The van der Waals surface area contributed by atoms with Crippen LogP contribution in [0.15, 0.2) is 18.2 Å². The Balaban J connectivity index is 2.34. The van der Waals surface area contributed by atoms with E-state index in [2.05, 4.69) is 11.8 Å². The Morgan fingerprint density at radius 3 is 2.58 bits per heavy atom. The van der Waals surface area contributed by atoms with Gasteiger partial charge in [0.25, 0.3) is 0 Å². The first-order chi connectivity index (χ1) is 9.15. The lowest BCUT2D eigenvalue weighted by Crippen LogP contribution is -2.37. The van der Waals surface area contributed by atoms with Crippen molar-refractivity contribution in [3.8, 4) is 0 Å². The zero-order valence-corrected chi connectivity index (χ0v) is 11.9. The Morgan fingerprint density at radius 1 is 1.32 bits per heavy atom. The highest BCUT2D eigenvalue weighted by Gasteiger charge is 2.24. The largest absolute Gasteiger partial charge is 0.389 e. The highest BCUT2D eigenvalue weighted by Crippen LogP contribution is 2.33. The molecule has 1 aromatic rings. The summed E-state index contributed by atoms with van der Waals surface area (Å²) in [6, 6.07) is 5.59. The first-order valence-corrected chi connectivity index (χ1v) is 7.38. The molecular weight excluding hydrogens is 241 g/mol. The second-order valence-corrected chi connectivity index (χ2v) is 5.43. The molecule has 1 aliphatic carbocycles.